The molecule has 0 spiro atoms. The fourth-order valence-electron chi connectivity index (χ4n) is 2.04. The molecule has 0 saturated heterocycles. The number of aromatic nitrogens is 3. The maximum absolute atomic E-state index is 11.9. The van der Waals surface area contributed by atoms with Crippen molar-refractivity contribution in [2.24, 2.45) is 0 Å². The van der Waals surface area contributed by atoms with E-state index in [0.29, 0.717) is 17.0 Å². The van der Waals surface area contributed by atoms with Crippen molar-refractivity contribution in [2.45, 2.75) is 6.54 Å². The van der Waals surface area contributed by atoms with Gasteiger partial charge in [-0.2, -0.15) is 5.10 Å². The van der Waals surface area contributed by atoms with E-state index in [0.717, 1.165) is 0 Å². The molecule has 3 aromatic heterocycles. The number of rotatable bonds is 5. The molecular formula is C16H14N4O3. The predicted octanol–water partition coefficient (Wildman–Crippen LogP) is 1.33. The van der Waals surface area contributed by atoms with Crippen molar-refractivity contribution in [1.29, 1.82) is 0 Å². The van der Waals surface area contributed by atoms with Gasteiger partial charge in [-0.05, 0) is 30.3 Å². The molecule has 7 heteroatoms. The summed E-state index contributed by atoms with van der Waals surface area (Å²) in [5.74, 6) is 0.339. The second kappa shape index (κ2) is 6.69. The monoisotopic (exact) mass is 310 g/mol. The highest BCUT2D eigenvalue weighted by atomic mass is 16.3. The van der Waals surface area contributed by atoms with E-state index in [1.807, 2.05) is 0 Å². The summed E-state index contributed by atoms with van der Waals surface area (Å²) in [6, 6.07) is 9.90. The van der Waals surface area contributed by atoms with Gasteiger partial charge >= 0.3 is 0 Å². The molecule has 0 bridgehead atoms. The van der Waals surface area contributed by atoms with E-state index in [1.54, 1.807) is 42.8 Å². The zero-order chi connectivity index (χ0) is 16.1. The number of hydrogen-bond acceptors (Lipinski definition) is 5. The molecule has 0 aliphatic rings. The van der Waals surface area contributed by atoms with Crippen LogP contribution in [0.1, 0.15) is 10.4 Å². The molecule has 0 aliphatic heterocycles. The van der Waals surface area contributed by atoms with Crippen molar-refractivity contribution in [2.75, 3.05) is 6.54 Å². The van der Waals surface area contributed by atoms with Crippen LogP contribution in [0, 0.1) is 0 Å². The number of furan rings is 1. The zero-order valence-electron chi connectivity index (χ0n) is 12.2. The van der Waals surface area contributed by atoms with Gasteiger partial charge < -0.3 is 9.73 Å². The Morgan fingerprint density at radius 1 is 1.22 bits per heavy atom. The summed E-state index contributed by atoms with van der Waals surface area (Å²) in [4.78, 5) is 27.6. The molecular weight excluding hydrogens is 296 g/mol. The van der Waals surface area contributed by atoms with Crippen LogP contribution in [0.3, 0.4) is 0 Å². The van der Waals surface area contributed by atoms with E-state index in [-0.39, 0.29) is 24.6 Å². The van der Waals surface area contributed by atoms with Gasteiger partial charge in [-0.15, -0.1) is 0 Å². The van der Waals surface area contributed by atoms with Gasteiger partial charge in [0, 0.05) is 25.0 Å². The van der Waals surface area contributed by atoms with E-state index < -0.39 is 0 Å². The Morgan fingerprint density at radius 2 is 2.13 bits per heavy atom. The number of pyridine rings is 1. The Labute approximate surface area is 131 Å². The van der Waals surface area contributed by atoms with Crippen LogP contribution in [0.4, 0.5) is 0 Å². The third-order valence-electron chi connectivity index (χ3n) is 3.17. The molecule has 0 aliphatic carbocycles. The average Bonchev–Trinajstić information content (AvgIpc) is 3.12. The van der Waals surface area contributed by atoms with E-state index in [2.05, 4.69) is 15.4 Å². The molecule has 0 radical (unpaired) electrons. The van der Waals surface area contributed by atoms with E-state index >= 15 is 0 Å². The number of amides is 1. The summed E-state index contributed by atoms with van der Waals surface area (Å²) < 4.78 is 6.55. The summed E-state index contributed by atoms with van der Waals surface area (Å²) in [7, 11) is 0. The number of hydrogen-bond donors (Lipinski definition) is 1. The molecule has 3 heterocycles. The fourth-order valence-corrected chi connectivity index (χ4v) is 2.04. The molecule has 0 aromatic carbocycles. The third kappa shape index (κ3) is 3.52. The van der Waals surface area contributed by atoms with Crippen LogP contribution in [-0.2, 0) is 6.54 Å². The van der Waals surface area contributed by atoms with Crippen LogP contribution >= 0.6 is 0 Å². The zero-order valence-corrected chi connectivity index (χ0v) is 12.2. The summed E-state index contributed by atoms with van der Waals surface area (Å²) in [5.41, 5.74) is 0.793. The first-order valence-corrected chi connectivity index (χ1v) is 7.04. The molecule has 1 N–H and O–H groups in total. The molecule has 0 saturated carbocycles. The van der Waals surface area contributed by atoms with Crippen LogP contribution in [0.25, 0.3) is 11.5 Å². The maximum Gasteiger partial charge on any atom is 0.266 e. The van der Waals surface area contributed by atoms with Crippen molar-refractivity contribution in [3.8, 4) is 11.5 Å². The Kier molecular flexibility index (Phi) is 4.28. The lowest BCUT2D eigenvalue weighted by Gasteiger charge is -2.07. The van der Waals surface area contributed by atoms with Crippen LogP contribution in [-0.4, -0.2) is 27.2 Å². The number of nitrogens with zero attached hydrogens (tertiary/aromatic N) is 3. The number of carbonyl (C=O) groups excluding carboxylic acids is 1. The molecule has 23 heavy (non-hydrogen) atoms. The van der Waals surface area contributed by atoms with Gasteiger partial charge in [0.25, 0.3) is 11.5 Å². The molecule has 0 unspecified atom stereocenters. The predicted molar refractivity (Wildman–Crippen MR) is 82.8 cm³/mol. The van der Waals surface area contributed by atoms with Gasteiger partial charge in [-0.3, -0.25) is 14.6 Å². The topological polar surface area (TPSA) is 90.0 Å². The standard InChI is InChI=1S/C16H14N4O3/c21-15-6-5-13(14-4-2-10-23-14)19-20(15)9-8-18-16(22)12-3-1-7-17-11-12/h1-7,10-11H,8-9H2,(H,18,22). The maximum atomic E-state index is 11.9. The second-order valence-corrected chi connectivity index (χ2v) is 4.75. The smallest absolute Gasteiger partial charge is 0.266 e. The molecule has 0 fully saturated rings. The van der Waals surface area contributed by atoms with E-state index in [9.17, 15) is 9.59 Å². The molecule has 1 amide bonds. The number of carbonyl (C=O) groups is 1. The Bertz CT molecular complexity index is 841. The molecule has 7 nitrogen and oxygen atoms in total. The minimum Gasteiger partial charge on any atom is -0.463 e. The first-order valence-electron chi connectivity index (χ1n) is 7.04. The first-order chi connectivity index (χ1) is 11.2. The van der Waals surface area contributed by atoms with Gasteiger partial charge in [0.05, 0.1) is 18.4 Å². The minimum absolute atomic E-state index is 0.240. The highest BCUT2D eigenvalue weighted by molar-refractivity contribution is 5.93. The highest BCUT2D eigenvalue weighted by Crippen LogP contribution is 2.14. The Morgan fingerprint density at radius 3 is 2.87 bits per heavy atom. The summed E-state index contributed by atoms with van der Waals surface area (Å²) in [5, 5.41) is 6.96. The summed E-state index contributed by atoms with van der Waals surface area (Å²) >= 11 is 0. The molecule has 116 valence electrons. The lowest BCUT2D eigenvalue weighted by molar-refractivity contribution is 0.0951. The summed E-state index contributed by atoms with van der Waals surface area (Å²) in [6.45, 7) is 0.543. The van der Waals surface area contributed by atoms with Crippen LogP contribution in [0.15, 0.2) is 64.3 Å². The van der Waals surface area contributed by atoms with E-state index in [1.165, 1.54) is 16.9 Å². The molecule has 3 rings (SSSR count). The van der Waals surface area contributed by atoms with Crippen LogP contribution in [0.5, 0.6) is 0 Å². The lowest BCUT2D eigenvalue weighted by Crippen LogP contribution is -2.31. The van der Waals surface area contributed by atoms with Crippen molar-refractivity contribution in [1.82, 2.24) is 20.1 Å². The van der Waals surface area contributed by atoms with Crippen LogP contribution in [0.2, 0.25) is 0 Å². The van der Waals surface area contributed by atoms with Crippen molar-refractivity contribution < 1.29 is 9.21 Å². The highest BCUT2D eigenvalue weighted by Gasteiger charge is 2.07. The van der Waals surface area contributed by atoms with Crippen molar-refractivity contribution in [3.05, 3.63) is 71.0 Å². The molecule has 3 aromatic rings. The van der Waals surface area contributed by atoms with Gasteiger partial charge in [0.1, 0.15) is 5.69 Å². The fraction of sp³-hybridized carbons (Fsp3) is 0.125. The van der Waals surface area contributed by atoms with Crippen molar-refractivity contribution >= 4 is 5.91 Å². The third-order valence-corrected chi connectivity index (χ3v) is 3.17. The largest absolute Gasteiger partial charge is 0.463 e. The molecule has 0 atom stereocenters. The Balaban J connectivity index is 1.65. The first kappa shape index (κ1) is 14.7. The van der Waals surface area contributed by atoms with Gasteiger partial charge in [0.15, 0.2) is 5.76 Å². The quantitative estimate of drug-likeness (QED) is 0.768. The van der Waals surface area contributed by atoms with Crippen molar-refractivity contribution in [3.63, 3.8) is 0 Å². The number of nitrogens with one attached hydrogen (secondary N) is 1. The minimum atomic E-state index is -0.242. The van der Waals surface area contributed by atoms with E-state index in [4.69, 9.17) is 4.42 Å². The SMILES string of the molecule is O=C(NCCn1nc(-c2ccco2)ccc1=O)c1cccnc1. The normalized spacial score (nSPS) is 10.4. The van der Waals surface area contributed by atoms with Gasteiger partial charge in [0.2, 0.25) is 0 Å². The van der Waals surface area contributed by atoms with Gasteiger partial charge in [-0.1, -0.05) is 0 Å². The second-order valence-electron chi connectivity index (χ2n) is 4.75. The Hall–Kier alpha value is -3.22. The lowest BCUT2D eigenvalue weighted by atomic mass is 10.3. The average molecular weight is 310 g/mol. The van der Waals surface area contributed by atoms with Crippen LogP contribution < -0.4 is 10.9 Å². The van der Waals surface area contributed by atoms with Gasteiger partial charge in [-0.25, -0.2) is 4.68 Å². The summed E-state index contributed by atoms with van der Waals surface area (Å²) in [6.07, 6.45) is 4.62.